The number of rotatable bonds is 2. The molecule has 0 bridgehead atoms. The van der Waals surface area contributed by atoms with E-state index < -0.39 is 9.70 Å². The molecule has 1 N–H and O–H groups in total. The minimum atomic E-state index is -2.06. The minimum Gasteiger partial charge on any atom is -0.321 e. The standard InChI is InChI=1S/C15H7Br2Cl3N2OS/c16-7-5-8(13-21-10-3-1-2-4-11(10)24-13)12(9(17)6-7)22-14(23)15(18,19)20/h1-6H,(H,22,23). The molecule has 24 heavy (non-hydrogen) atoms. The molecule has 0 aliphatic carbocycles. The summed E-state index contributed by atoms with van der Waals surface area (Å²) in [5.74, 6) is -0.738. The summed E-state index contributed by atoms with van der Waals surface area (Å²) in [6, 6.07) is 11.5. The molecule has 0 aliphatic rings. The van der Waals surface area contributed by atoms with Gasteiger partial charge in [0.25, 0.3) is 9.70 Å². The number of thiazole rings is 1. The molecule has 1 amide bonds. The number of alkyl halides is 3. The lowest BCUT2D eigenvalue weighted by Gasteiger charge is -2.15. The fourth-order valence-electron chi connectivity index (χ4n) is 2.04. The van der Waals surface area contributed by atoms with E-state index in [2.05, 4.69) is 42.2 Å². The Labute approximate surface area is 173 Å². The predicted octanol–water partition coefficient (Wildman–Crippen LogP) is 6.80. The number of amides is 1. The molecule has 9 heteroatoms. The van der Waals surface area contributed by atoms with Crippen molar-refractivity contribution in [3.8, 4) is 10.6 Å². The number of fused-ring (bicyclic) bond motifs is 1. The molecule has 1 aromatic heterocycles. The first-order valence-corrected chi connectivity index (χ1v) is 10.0. The van der Waals surface area contributed by atoms with Gasteiger partial charge in [0.2, 0.25) is 0 Å². The maximum atomic E-state index is 12.1. The summed E-state index contributed by atoms with van der Waals surface area (Å²) < 4.78 is 0.462. The number of aromatic nitrogens is 1. The Morgan fingerprint density at radius 2 is 1.88 bits per heavy atom. The van der Waals surface area contributed by atoms with Gasteiger partial charge >= 0.3 is 0 Å². The number of halogens is 5. The first-order valence-electron chi connectivity index (χ1n) is 6.49. The second-order valence-electron chi connectivity index (χ2n) is 4.75. The van der Waals surface area contributed by atoms with Crippen molar-refractivity contribution in [2.75, 3.05) is 5.32 Å². The van der Waals surface area contributed by atoms with Crippen LogP contribution in [0.1, 0.15) is 0 Å². The second-order valence-corrected chi connectivity index (χ2v) is 9.83. The van der Waals surface area contributed by atoms with Crippen molar-refractivity contribution in [2.24, 2.45) is 0 Å². The van der Waals surface area contributed by atoms with Gasteiger partial charge in [-0.1, -0.05) is 62.9 Å². The maximum absolute atomic E-state index is 12.1. The van der Waals surface area contributed by atoms with Crippen LogP contribution < -0.4 is 5.32 Å². The maximum Gasteiger partial charge on any atom is 0.276 e. The van der Waals surface area contributed by atoms with Crippen molar-refractivity contribution >= 4 is 99.8 Å². The van der Waals surface area contributed by atoms with E-state index in [1.807, 2.05) is 30.3 Å². The van der Waals surface area contributed by atoms with E-state index in [1.54, 1.807) is 6.07 Å². The highest BCUT2D eigenvalue weighted by Gasteiger charge is 2.32. The first kappa shape index (κ1) is 18.4. The Kier molecular flexibility index (Phi) is 5.45. The number of hydrogen-bond donors (Lipinski definition) is 1. The lowest BCUT2D eigenvalue weighted by atomic mass is 10.2. The largest absolute Gasteiger partial charge is 0.321 e. The third kappa shape index (κ3) is 3.89. The van der Waals surface area contributed by atoms with Gasteiger partial charge in [0.1, 0.15) is 5.01 Å². The van der Waals surface area contributed by atoms with Crippen LogP contribution >= 0.6 is 78.0 Å². The van der Waals surface area contributed by atoms with E-state index in [9.17, 15) is 4.79 Å². The van der Waals surface area contributed by atoms with Gasteiger partial charge in [0.05, 0.1) is 15.9 Å². The van der Waals surface area contributed by atoms with E-state index in [-0.39, 0.29) is 0 Å². The molecule has 0 saturated heterocycles. The van der Waals surface area contributed by atoms with Crippen LogP contribution in [0.15, 0.2) is 45.3 Å². The van der Waals surface area contributed by atoms with Crippen LogP contribution in [0.5, 0.6) is 0 Å². The third-order valence-electron chi connectivity index (χ3n) is 3.08. The van der Waals surface area contributed by atoms with Crippen molar-refractivity contribution in [2.45, 2.75) is 3.79 Å². The summed E-state index contributed by atoms with van der Waals surface area (Å²) >= 11 is 25.4. The van der Waals surface area contributed by atoms with Crippen molar-refractivity contribution < 1.29 is 4.79 Å². The van der Waals surface area contributed by atoms with Crippen LogP contribution in [0.2, 0.25) is 0 Å². The zero-order chi connectivity index (χ0) is 17.5. The molecule has 0 aliphatic heterocycles. The predicted molar refractivity (Wildman–Crippen MR) is 109 cm³/mol. The molecule has 0 radical (unpaired) electrons. The summed E-state index contributed by atoms with van der Waals surface area (Å²) in [5.41, 5.74) is 2.10. The number of para-hydroxylation sites is 1. The van der Waals surface area contributed by atoms with Crippen molar-refractivity contribution in [3.05, 3.63) is 45.3 Å². The summed E-state index contributed by atoms with van der Waals surface area (Å²) in [6.07, 6.45) is 0. The molecule has 2 aromatic carbocycles. The molecular weight excluding hydrogens is 522 g/mol. The summed E-state index contributed by atoms with van der Waals surface area (Å²) in [5, 5.41) is 3.40. The molecular formula is C15H7Br2Cl3N2OS. The highest BCUT2D eigenvalue weighted by molar-refractivity contribution is 9.11. The van der Waals surface area contributed by atoms with Crippen LogP contribution in [0.25, 0.3) is 20.8 Å². The topological polar surface area (TPSA) is 42.0 Å². The first-order chi connectivity index (χ1) is 11.3. The Balaban J connectivity index is 2.14. The Bertz CT molecular complexity index is 907. The van der Waals surface area contributed by atoms with Crippen LogP contribution in [-0.2, 0) is 4.79 Å². The average molecular weight is 529 g/mol. The fourth-order valence-corrected chi connectivity index (χ4v) is 4.50. The molecule has 0 unspecified atom stereocenters. The van der Waals surface area contributed by atoms with Gasteiger partial charge in [-0.3, -0.25) is 4.79 Å². The van der Waals surface area contributed by atoms with E-state index >= 15 is 0 Å². The number of anilines is 1. The van der Waals surface area contributed by atoms with Crippen LogP contribution in [0.3, 0.4) is 0 Å². The van der Waals surface area contributed by atoms with Gasteiger partial charge in [-0.15, -0.1) is 11.3 Å². The van der Waals surface area contributed by atoms with Gasteiger partial charge < -0.3 is 5.32 Å². The fraction of sp³-hybridized carbons (Fsp3) is 0.0667. The van der Waals surface area contributed by atoms with Crippen LogP contribution in [0.4, 0.5) is 5.69 Å². The summed E-state index contributed by atoms with van der Waals surface area (Å²) in [7, 11) is 0. The number of hydrogen-bond acceptors (Lipinski definition) is 3. The normalized spacial score (nSPS) is 11.7. The lowest BCUT2D eigenvalue weighted by Crippen LogP contribution is -2.27. The van der Waals surface area contributed by atoms with Gasteiger partial charge in [0, 0.05) is 14.5 Å². The van der Waals surface area contributed by atoms with Gasteiger partial charge in [0.15, 0.2) is 0 Å². The molecule has 0 fully saturated rings. The van der Waals surface area contributed by atoms with Crippen molar-refractivity contribution in [1.82, 2.24) is 4.98 Å². The quantitative estimate of drug-likeness (QED) is 0.371. The zero-order valence-corrected chi connectivity index (χ0v) is 17.9. The molecule has 1 heterocycles. The van der Waals surface area contributed by atoms with Crippen LogP contribution in [0, 0.1) is 0 Å². The monoisotopic (exact) mass is 526 g/mol. The molecule has 3 aromatic rings. The number of nitrogens with one attached hydrogen (secondary N) is 1. The molecule has 3 rings (SSSR count). The van der Waals surface area contributed by atoms with Gasteiger partial charge in [-0.25, -0.2) is 4.98 Å². The zero-order valence-electron chi connectivity index (χ0n) is 11.6. The average Bonchev–Trinajstić information content (AvgIpc) is 2.92. The number of benzene rings is 2. The van der Waals surface area contributed by atoms with E-state index in [0.29, 0.717) is 10.2 Å². The number of nitrogens with zero attached hydrogens (tertiary/aromatic N) is 1. The molecule has 124 valence electrons. The lowest BCUT2D eigenvalue weighted by molar-refractivity contribution is -0.115. The van der Waals surface area contributed by atoms with E-state index in [0.717, 1.165) is 25.3 Å². The smallest absolute Gasteiger partial charge is 0.276 e. The number of carbonyl (C=O) groups is 1. The summed E-state index contributed by atoms with van der Waals surface area (Å²) in [6.45, 7) is 0. The molecule has 0 atom stereocenters. The van der Waals surface area contributed by atoms with Gasteiger partial charge in [-0.2, -0.15) is 0 Å². The SMILES string of the molecule is O=C(Nc1c(Br)cc(Br)cc1-c1nc2ccccc2s1)C(Cl)(Cl)Cl. The van der Waals surface area contributed by atoms with Crippen molar-refractivity contribution in [3.63, 3.8) is 0 Å². The third-order valence-corrected chi connectivity index (χ3v) is 5.74. The Morgan fingerprint density at radius 1 is 1.17 bits per heavy atom. The second kappa shape index (κ2) is 7.09. The number of carbonyl (C=O) groups excluding carboxylic acids is 1. The van der Waals surface area contributed by atoms with E-state index in [1.165, 1.54) is 11.3 Å². The van der Waals surface area contributed by atoms with Crippen molar-refractivity contribution in [1.29, 1.82) is 0 Å². The Morgan fingerprint density at radius 3 is 2.54 bits per heavy atom. The highest BCUT2D eigenvalue weighted by Crippen LogP contribution is 2.41. The van der Waals surface area contributed by atoms with E-state index in [4.69, 9.17) is 34.8 Å². The minimum absolute atomic E-state index is 0.494. The molecule has 0 spiro atoms. The summed E-state index contributed by atoms with van der Waals surface area (Å²) in [4.78, 5) is 16.7. The molecule has 0 saturated carbocycles. The highest BCUT2D eigenvalue weighted by atomic mass is 79.9. The molecule has 3 nitrogen and oxygen atoms in total. The van der Waals surface area contributed by atoms with Crippen LogP contribution in [-0.4, -0.2) is 14.7 Å². The van der Waals surface area contributed by atoms with Gasteiger partial charge in [-0.05, 0) is 40.2 Å². The Hall–Kier alpha value is -0.370.